The summed E-state index contributed by atoms with van der Waals surface area (Å²) in [5.41, 5.74) is -2.04. The fourth-order valence-electron chi connectivity index (χ4n) is 12.6. The first-order valence-corrected chi connectivity index (χ1v) is 20.7. The van der Waals surface area contributed by atoms with E-state index in [0.29, 0.717) is 24.8 Å². The highest BCUT2D eigenvalue weighted by atomic mass is 16.7. The second-order valence-electron chi connectivity index (χ2n) is 18.2. The predicted octanol–water partition coefficient (Wildman–Crippen LogP) is 3.94. The van der Waals surface area contributed by atoms with Crippen LogP contribution in [0.3, 0.4) is 0 Å². The topological polar surface area (TPSA) is 178 Å². The average Bonchev–Trinajstić information content (AvgIpc) is 3.70. The number of methoxy groups -OCH3 is 2. The maximum atomic E-state index is 13.7. The van der Waals surface area contributed by atoms with Crippen molar-refractivity contribution in [2.24, 2.45) is 28.6 Å². The predicted molar refractivity (Wildman–Crippen MR) is 198 cm³/mol. The minimum atomic E-state index is -1.21. The van der Waals surface area contributed by atoms with E-state index >= 15 is 0 Å². The van der Waals surface area contributed by atoms with Crippen LogP contribution >= 0.6 is 0 Å². The zero-order chi connectivity index (χ0) is 40.7. The van der Waals surface area contributed by atoms with Crippen LogP contribution in [0.1, 0.15) is 107 Å². The summed E-state index contributed by atoms with van der Waals surface area (Å²) in [6, 6.07) is 0. The highest BCUT2D eigenvalue weighted by molar-refractivity contribution is 5.88. The monoisotopic (exact) mass is 792 g/mol. The summed E-state index contributed by atoms with van der Waals surface area (Å²) in [6.45, 7) is 14.4. The van der Waals surface area contributed by atoms with Crippen molar-refractivity contribution in [2.45, 2.75) is 192 Å². The molecular weight excluding hydrogens is 728 g/mol. The van der Waals surface area contributed by atoms with Crippen LogP contribution < -0.4 is 0 Å². The van der Waals surface area contributed by atoms with Crippen LogP contribution in [0.4, 0.5) is 0 Å². The standard InChI is InChI=1S/C42H64O14/c1-11-20(2)37(47)54-34-35-39(7)15-13-26(53-29-19-28(48-9)32(23(5)50-29)55-38-31(46)33(49-10)30(45)22(4)51-38)18-25(39)12-16-41(35)42(56-41)17-14-27(21(3)43)40(42,8)36(34)52-24(6)44/h11,22-23,25-36,38,45-46H,12-19H2,1-10H3/b20-11+. The molecule has 0 amide bonds. The number of aliphatic hydroxyl groups is 2. The van der Waals surface area contributed by atoms with E-state index in [-0.39, 0.29) is 29.1 Å². The summed E-state index contributed by atoms with van der Waals surface area (Å²) < 4.78 is 56.4. The van der Waals surface area contributed by atoms with Crippen molar-refractivity contribution < 1.29 is 67.2 Å². The number of carbonyl (C=O) groups is 3. The molecule has 7 aliphatic rings. The molecule has 7 fully saturated rings. The van der Waals surface area contributed by atoms with Gasteiger partial charge in [-0.2, -0.15) is 0 Å². The second kappa shape index (κ2) is 15.2. The summed E-state index contributed by atoms with van der Waals surface area (Å²) in [7, 11) is 3.04. The summed E-state index contributed by atoms with van der Waals surface area (Å²) in [5, 5.41) is 21.3. The fourth-order valence-corrected chi connectivity index (χ4v) is 12.6. The lowest BCUT2D eigenvalue weighted by Gasteiger charge is -2.61. The Balaban J connectivity index is 1.10. The van der Waals surface area contributed by atoms with Gasteiger partial charge in [-0.3, -0.25) is 9.59 Å². The Morgan fingerprint density at radius 2 is 1.54 bits per heavy atom. The van der Waals surface area contributed by atoms with E-state index in [1.807, 2.05) is 13.8 Å². The zero-order valence-corrected chi connectivity index (χ0v) is 34.7. The van der Waals surface area contributed by atoms with Crippen molar-refractivity contribution in [1.29, 1.82) is 0 Å². The van der Waals surface area contributed by atoms with Crippen molar-refractivity contribution >= 4 is 17.7 Å². The molecule has 19 atom stereocenters. The molecule has 0 bridgehead atoms. The Morgan fingerprint density at radius 3 is 2.18 bits per heavy atom. The van der Waals surface area contributed by atoms with Crippen molar-refractivity contribution in [3.63, 3.8) is 0 Å². The Bertz CT molecular complexity index is 1550. The van der Waals surface area contributed by atoms with Gasteiger partial charge >= 0.3 is 11.9 Å². The largest absolute Gasteiger partial charge is 0.458 e. The molecule has 3 heterocycles. The number of rotatable bonds is 10. The third kappa shape index (κ3) is 6.34. The van der Waals surface area contributed by atoms with Gasteiger partial charge in [-0.25, -0.2) is 4.79 Å². The molecule has 0 aromatic carbocycles. The number of Topliss-reactive ketones (excluding diaryl/α,β-unsaturated/α-hetero) is 1. The molecule has 0 aromatic heterocycles. The van der Waals surface area contributed by atoms with E-state index in [2.05, 4.69) is 6.92 Å². The van der Waals surface area contributed by atoms with Gasteiger partial charge in [0.1, 0.15) is 53.6 Å². The van der Waals surface area contributed by atoms with Crippen molar-refractivity contribution in [1.82, 2.24) is 0 Å². The highest BCUT2D eigenvalue weighted by Gasteiger charge is 2.91. The minimum Gasteiger partial charge on any atom is -0.458 e. The van der Waals surface area contributed by atoms with E-state index in [4.69, 9.17) is 42.6 Å². The Morgan fingerprint density at radius 1 is 0.804 bits per heavy atom. The first kappa shape index (κ1) is 42.1. The SMILES string of the molecule is C/C=C(\C)C(=O)OC1C2C3(C)CCC(OC4CC(OC)C(OC5OC(C)C(O)C(OC)C5O)C(C)O4)CC3CCC23OC32CCC(C(C)=O)C2(C)C1OC(C)=O. The normalized spacial score (nSPS) is 51.1. The molecule has 14 heteroatoms. The van der Waals surface area contributed by atoms with Gasteiger partial charge in [-0.15, -0.1) is 0 Å². The lowest BCUT2D eigenvalue weighted by atomic mass is 9.43. The molecule has 2 spiro atoms. The van der Waals surface area contributed by atoms with Gasteiger partial charge in [0.25, 0.3) is 0 Å². The van der Waals surface area contributed by atoms with Crippen LogP contribution in [0.2, 0.25) is 0 Å². The van der Waals surface area contributed by atoms with Crippen molar-refractivity contribution in [3.05, 3.63) is 11.6 Å². The van der Waals surface area contributed by atoms with E-state index in [9.17, 15) is 24.6 Å². The van der Waals surface area contributed by atoms with Crippen molar-refractivity contribution in [2.75, 3.05) is 14.2 Å². The average molecular weight is 793 g/mol. The van der Waals surface area contributed by atoms with Crippen LogP contribution in [0, 0.1) is 28.6 Å². The molecule has 4 saturated carbocycles. The number of allylic oxidation sites excluding steroid dienone is 1. The molecule has 0 aromatic rings. The van der Waals surface area contributed by atoms with Gasteiger partial charge < -0.3 is 52.8 Å². The lowest BCUT2D eigenvalue weighted by molar-refractivity contribution is -0.343. The van der Waals surface area contributed by atoms with E-state index < -0.39 is 102 Å². The minimum absolute atomic E-state index is 0.0276. The van der Waals surface area contributed by atoms with Gasteiger partial charge in [0.2, 0.25) is 0 Å². The number of esters is 2. The van der Waals surface area contributed by atoms with Crippen LogP contribution in [0.25, 0.3) is 0 Å². The molecule has 316 valence electrons. The van der Waals surface area contributed by atoms with Crippen LogP contribution in [-0.4, -0.2) is 127 Å². The van der Waals surface area contributed by atoms with Crippen LogP contribution in [-0.2, 0) is 57.0 Å². The summed E-state index contributed by atoms with van der Waals surface area (Å²) in [5.74, 6) is -1.41. The van der Waals surface area contributed by atoms with Gasteiger partial charge in [-0.05, 0) is 90.9 Å². The molecule has 3 aliphatic heterocycles. The molecule has 3 saturated heterocycles. The number of fused-ring (bicyclic) bond motifs is 2. The smallest absolute Gasteiger partial charge is 0.333 e. The molecule has 2 N–H and O–H groups in total. The number of hydrogen-bond donors (Lipinski definition) is 2. The van der Waals surface area contributed by atoms with E-state index in [1.165, 1.54) is 14.0 Å². The van der Waals surface area contributed by atoms with Gasteiger partial charge in [0.05, 0.1) is 24.4 Å². The number of ketones is 1. The van der Waals surface area contributed by atoms with E-state index in [1.54, 1.807) is 40.9 Å². The summed E-state index contributed by atoms with van der Waals surface area (Å²) >= 11 is 0. The molecule has 4 aliphatic carbocycles. The van der Waals surface area contributed by atoms with Crippen molar-refractivity contribution in [3.8, 4) is 0 Å². The maximum Gasteiger partial charge on any atom is 0.333 e. The quantitative estimate of drug-likeness (QED) is 0.141. The molecular formula is C42H64O14. The number of epoxide rings is 1. The summed E-state index contributed by atoms with van der Waals surface area (Å²) in [4.78, 5) is 39.8. The maximum absolute atomic E-state index is 13.7. The zero-order valence-electron chi connectivity index (χ0n) is 34.7. The molecule has 7 rings (SSSR count). The molecule has 19 unspecified atom stereocenters. The van der Waals surface area contributed by atoms with Gasteiger partial charge in [0, 0.05) is 50.4 Å². The fraction of sp³-hybridized carbons (Fsp3) is 0.881. The number of hydrogen-bond acceptors (Lipinski definition) is 14. The van der Waals surface area contributed by atoms with E-state index in [0.717, 1.165) is 32.1 Å². The van der Waals surface area contributed by atoms with Gasteiger partial charge in [0.15, 0.2) is 12.6 Å². The third-order valence-electron chi connectivity index (χ3n) is 15.6. The third-order valence-corrected chi connectivity index (χ3v) is 15.6. The van der Waals surface area contributed by atoms with Crippen LogP contribution in [0.15, 0.2) is 11.6 Å². The Labute approximate surface area is 330 Å². The van der Waals surface area contributed by atoms with Crippen LogP contribution in [0.5, 0.6) is 0 Å². The molecule has 0 radical (unpaired) electrons. The molecule has 14 nitrogen and oxygen atoms in total. The lowest BCUT2D eigenvalue weighted by Crippen LogP contribution is -2.70. The second-order valence-corrected chi connectivity index (χ2v) is 18.2. The number of aliphatic hydroxyl groups excluding tert-OH is 2. The highest BCUT2D eigenvalue weighted by Crippen LogP contribution is 2.81. The number of ether oxygens (including phenoxy) is 9. The Hall–Kier alpha value is -2.01. The summed E-state index contributed by atoms with van der Waals surface area (Å²) in [6.07, 6.45) is -1.32. The first-order chi connectivity index (χ1) is 26.4. The molecule has 56 heavy (non-hydrogen) atoms. The first-order valence-electron chi connectivity index (χ1n) is 20.7. The number of carbonyl (C=O) groups excluding carboxylic acids is 3. The Kier molecular flexibility index (Phi) is 11.5. The van der Waals surface area contributed by atoms with Gasteiger partial charge in [-0.1, -0.05) is 19.9 Å².